The van der Waals surface area contributed by atoms with Crippen molar-refractivity contribution in [3.8, 4) is 0 Å². The smallest absolute Gasteiger partial charge is 0.320 e. The zero-order chi connectivity index (χ0) is 30.3. The van der Waals surface area contributed by atoms with Gasteiger partial charge in [0.25, 0.3) is 0 Å². The number of nitrogens with zero attached hydrogens (tertiary/aromatic N) is 2. The Morgan fingerprint density at radius 1 is 1.07 bits per heavy atom. The van der Waals surface area contributed by atoms with Crippen LogP contribution in [0.15, 0.2) is 36.9 Å². The van der Waals surface area contributed by atoms with E-state index < -0.39 is 12.0 Å². The first-order chi connectivity index (χ1) is 19.2. The number of rotatable bonds is 19. The molecule has 0 fully saturated rings. The van der Waals surface area contributed by atoms with E-state index in [1.54, 1.807) is 11.9 Å². The van der Waals surface area contributed by atoms with Crippen LogP contribution >= 0.6 is 0 Å². The predicted octanol–water partition coefficient (Wildman–Crippen LogP) is 5.19. The second-order valence-electron chi connectivity index (χ2n) is 10.0. The standard InChI is InChI=1S/C29H46N4O4.C3H8/c1-5-7-20-33(22-23(3)25-14-9-8-13-24(25)12-6-2)28(35)15-10-11-19-31-27(34)17-16-26(29(36)37)32(4)21-18-30;1-3-2/h6,8-9,12-14,26H,3,5,7,10-11,15-22,30H2,1-2,4H3,(H,31,34)(H,36,37);3H2,1-2H3/b12-6-;. The maximum absolute atomic E-state index is 13.0. The highest BCUT2D eigenvalue weighted by molar-refractivity contribution is 5.81. The quantitative estimate of drug-likeness (QED) is 0.201. The summed E-state index contributed by atoms with van der Waals surface area (Å²) in [6.45, 7) is 15.1. The van der Waals surface area contributed by atoms with E-state index in [4.69, 9.17) is 5.73 Å². The van der Waals surface area contributed by atoms with Crippen LogP contribution in [0.5, 0.6) is 0 Å². The molecule has 0 aliphatic carbocycles. The molecular formula is C32H54N4O4. The number of carbonyl (C=O) groups excluding carboxylic acids is 2. The highest BCUT2D eigenvalue weighted by atomic mass is 16.4. The van der Waals surface area contributed by atoms with E-state index in [0.29, 0.717) is 52.0 Å². The fraction of sp³-hybridized carbons (Fsp3) is 0.594. The zero-order valence-electron chi connectivity index (χ0n) is 25.6. The van der Waals surface area contributed by atoms with Gasteiger partial charge in [0.2, 0.25) is 11.8 Å². The molecule has 1 atom stereocenters. The first kappa shape index (κ1) is 37.0. The average Bonchev–Trinajstić information content (AvgIpc) is 2.91. The maximum atomic E-state index is 13.0. The minimum Gasteiger partial charge on any atom is -0.480 e. The Bertz CT molecular complexity index is 916. The number of allylic oxidation sites excluding steroid dienone is 1. The third kappa shape index (κ3) is 15.6. The summed E-state index contributed by atoms with van der Waals surface area (Å²) >= 11 is 0. The molecular weight excluding hydrogens is 504 g/mol. The van der Waals surface area contributed by atoms with Crippen LogP contribution < -0.4 is 11.1 Å². The number of carboxylic acids is 1. The highest BCUT2D eigenvalue weighted by Gasteiger charge is 2.23. The van der Waals surface area contributed by atoms with Crippen LogP contribution in [0.1, 0.15) is 90.2 Å². The SMILES string of the molecule is C=C(CN(CCCC)C(=O)CCCCNC(=O)CCC(C(=O)O)N(C)CCN)c1ccccc1/C=C\C.CCC. The van der Waals surface area contributed by atoms with Crippen LogP contribution in [-0.2, 0) is 14.4 Å². The molecule has 0 saturated carbocycles. The van der Waals surface area contributed by atoms with Crippen molar-refractivity contribution in [2.75, 3.05) is 39.8 Å². The molecule has 0 aliphatic rings. The van der Waals surface area contributed by atoms with Crippen molar-refractivity contribution in [1.82, 2.24) is 15.1 Å². The van der Waals surface area contributed by atoms with E-state index in [9.17, 15) is 19.5 Å². The van der Waals surface area contributed by atoms with Crippen LogP contribution in [-0.4, -0.2) is 78.5 Å². The predicted molar refractivity (Wildman–Crippen MR) is 167 cm³/mol. The Kier molecular flexibility index (Phi) is 21.1. The van der Waals surface area contributed by atoms with Gasteiger partial charge < -0.3 is 21.1 Å². The van der Waals surface area contributed by atoms with E-state index in [1.807, 2.05) is 48.2 Å². The van der Waals surface area contributed by atoms with E-state index >= 15 is 0 Å². The Morgan fingerprint density at radius 3 is 2.35 bits per heavy atom. The van der Waals surface area contributed by atoms with E-state index in [-0.39, 0.29) is 24.7 Å². The van der Waals surface area contributed by atoms with Gasteiger partial charge in [0.1, 0.15) is 6.04 Å². The summed E-state index contributed by atoms with van der Waals surface area (Å²) in [5.74, 6) is -1.04. The van der Waals surface area contributed by atoms with Crippen LogP contribution in [0.2, 0.25) is 0 Å². The monoisotopic (exact) mass is 558 g/mol. The number of nitrogens with two attached hydrogens (primary N) is 1. The number of amides is 2. The highest BCUT2D eigenvalue weighted by Crippen LogP contribution is 2.21. The summed E-state index contributed by atoms with van der Waals surface area (Å²) in [6.07, 6.45) is 9.35. The molecule has 8 nitrogen and oxygen atoms in total. The minimum atomic E-state index is -0.956. The number of benzene rings is 1. The van der Waals surface area contributed by atoms with Gasteiger partial charge in [-0.3, -0.25) is 19.3 Å². The molecule has 226 valence electrons. The Hall–Kier alpha value is -2.97. The van der Waals surface area contributed by atoms with Crippen LogP contribution in [0, 0.1) is 0 Å². The number of unbranched alkanes of at least 4 members (excludes halogenated alkanes) is 2. The van der Waals surface area contributed by atoms with Crippen LogP contribution in [0.3, 0.4) is 0 Å². The number of carbonyl (C=O) groups is 3. The lowest BCUT2D eigenvalue weighted by Crippen LogP contribution is -2.41. The van der Waals surface area contributed by atoms with Gasteiger partial charge in [-0.1, -0.05) is 76.6 Å². The lowest BCUT2D eigenvalue weighted by molar-refractivity contribution is -0.143. The average molecular weight is 559 g/mol. The van der Waals surface area contributed by atoms with E-state index in [0.717, 1.165) is 29.5 Å². The first-order valence-corrected chi connectivity index (χ1v) is 14.7. The van der Waals surface area contributed by atoms with Crippen molar-refractivity contribution in [2.24, 2.45) is 5.73 Å². The summed E-state index contributed by atoms with van der Waals surface area (Å²) in [5.41, 5.74) is 8.56. The lowest BCUT2D eigenvalue weighted by Gasteiger charge is -2.24. The summed E-state index contributed by atoms with van der Waals surface area (Å²) in [4.78, 5) is 40.2. The fourth-order valence-corrected chi connectivity index (χ4v) is 4.14. The Balaban J connectivity index is 0.00000483. The molecule has 40 heavy (non-hydrogen) atoms. The molecule has 0 heterocycles. The molecule has 1 aromatic rings. The molecule has 0 saturated heterocycles. The van der Waals surface area contributed by atoms with Crippen LogP contribution in [0.4, 0.5) is 0 Å². The summed E-state index contributed by atoms with van der Waals surface area (Å²) < 4.78 is 0. The molecule has 1 aromatic carbocycles. The molecule has 0 spiro atoms. The van der Waals surface area contributed by atoms with Gasteiger partial charge in [0.15, 0.2) is 0 Å². The van der Waals surface area contributed by atoms with Crippen molar-refractivity contribution in [1.29, 1.82) is 0 Å². The number of hydrogen-bond acceptors (Lipinski definition) is 5. The first-order valence-electron chi connectivity index (χ1n) is 14.7. The second-order valence-corrected chi connectivity index (χ2v) is 10.0. The number of aliphatic carboxylic acids is 1. The van der Waals surface area contributed by atoms with Gasteiger partial charge >= 0.3 is 5.97 Å². The fourth-order valence-electron chi connectivity index (χ4n) is 4.14. The normalized spacial score (nSPS) is 11.6. The molecule has 1 rings (SSSR count). The molecule has 0 aliphatic heterocycles. The number of likely N-dealkylation sites (N-methyl/N-ethyl adjacent to an activating group) is 1. The van der Waals surface area contributed by atoms with Crippen molar-refractivity contribution in [2.45, 2.75) is 85.1 Å². The number of nitrogens with one attached hydrogen (secondary N) is 1. The van der Waals surface area contributed by atoms with Gasteiger partial charge in [0, 0.05) is 45.6 Å². The summed E-state index contributed by atoms with van der Waals surface area (Å²) in [6, 6.07) is 7.33. The maximum Gasteiger partial charge on any atom is 0.320 e. The number of hydrogen-bond donors (Lipinski definition) is 3. The van der Waals surface area contributed by atoms with E-state index in [1.165, 1.54) is 6.42 Å². The van der Waals surface area contributed by atoms with Crippen molar-refractivity contribution in [3.05, 3.63) is 48.0 Å². The largest absolute Gasteiger partial charge is 0.480 e. The lowest BCUT2D eigenvalue weighted by atomic mass is 9.99. The zero-order valence-corrected chi connectivity index (χ0v) is 25.6. The molecule has 0 radical (unpaired) electrons. The second kappa shape index (κ2) is 22.8. The Labute approximate surface area is 242 Å². The van der Waals surface area contributed by atoms with Gasteiger partial charge in [-0.15, -0.1) is 0 Å². The van der Waals surface area contributed by atoms with Crippen molar-refractivity contribution in [3.63, 3.8) is 0 Å². The van der Waals surface area contributed by atoms with Crippen LogP contribution in [0.25, 0.3) is 11.6 Å². The molecule has 1 unspecified atom stereocenters. The molecule has 0 bridgehead atoms. The van der Waals surface area contributed by atoms with Gasteiger partial charge in [-0.25, -0.2) is 0 Å². The molecule has 4 N–H and O–H groups in total. The third-order valence-corrected chi connectivity index (χ3v) is 6.29. The summed E-state index contributed by atoms with van der Waals surface area (Å²) in [7, 11) is 1.70. The minimum absolute atomic E-state index is 0.0942. The Morgan fingerprint density at radius 2 is 1.75 bits per heavy atom. The third-order valence-electron chi connectivity index (χ3n) is 6.29. The van der Waals surface area contributed by atoms with Gasteiger partial charge in [-0.2, -0.15) is 0 Å². The van der Waals surface area contributed by atoms with Gasteiger partial charge in [0.05, 0.1) is 0 Å². The number of carboxylic acid groups (broad SMARTS) is 1. The molecule has 0 aromatic heterocycles. The van der Waals surface area contributed by atoms with Crippen molar-refractivity contribution < 1.29 is 19.5 Å². The van der Waals surface area contributed by atoms with E-state index in [2.05, 4.69) is 32.7 Å². The van der Waals surface area contributed by atoms with Gasteiger partial charge in [-0.05, 0) is 56.4 Å². The molecule has 2 amide bonds. The van der Waals surface area contributed by atoms with Crippen molar-refractivity contribution >= 4 is 29.4 Å². The topological polar surface area (TPSA) is 116 Å². The summed E-state index contributed by atoms with van der Waals surface area (Å²) in [5, 5.41) is 12.2. The molecule has 8 heteroatoms.